The van der Waals surface area contributed by atoms with Gasteiger partial charge in [-0.2, -0.15) is 0 Å². The molecule has 0 aromatic heterocycles. The molecule has 1 saturated heterocycles. The van der Waals surface area contributed by atoms with E-state index in [1.54, 1.807) is 0 Å². The molecule has 5 atom stereocenters. The third-order valence-corrected chi connectivity index (χ3v) is 16.9. The first-order chi connectivity index (χ1) is 34.5. The number of esters is 6. The van der Waals surface area contributed by atoms with E-state index in [-0.39, 0.29) is 69.0 Å². The molecule has 5 aliphatic rings. The fourth-order valence-electron chi connectivity index (χ4n) is 13.0. The average Bonchev–Trinajstić information content (AvgIpc) is 3.99. The summed E-state index contributed by atoms with van der Waals surface area (Å²) in [6.07, 6.45) is 31.1. The first-order valence-corrected chi connectivity index (χ1v) is 29.1. The number of carbonyl (C=O) groups is 6. The van der Waals surface area contributed by atoms with E-state index in [1.807, 2.05) is 0 Å². The highest BCUT2D eigenvalue weighted by molar-refractivity contribution is 5.72. The van der Waals surface area contributed by atoms with Gasteiger partial charge >= 0.3 is 35.8 Å². The third kappa shape index (κ3) is 20.9. The lowest BCUT2D eigenvalue weighted by Gasteiger charge is -2.49. The second-order valence-electron chi connectivity index (χ2n) is 23.0. The molecule has 5 fully saturated rings. The van der Waals surface area contributed by atoms with Crippen LogP contribution in [0.5, 0.6) is 0 Å². The molecule has 5 rings (SSSR count). The Hall–Kier alpha value is -3.22. The van der Waals surface area contributed by atoms with E-state index in [4.69, 9.17) is 28.4 Å². The van der Waals surface area contributed by atoms with Crippen LogP contribution in [0.4, 0.5) is 0 Å². The molecule has 13 heteroatoms. The number of nitrogens with zero attached hydrogens (tertiary/aromatic N) is 1. The lowest BCUT2D eigenvalue weighted by atomic mass is 9.55. The summed E-state index contributed by atoms with van der Waals surface area (Å²) in [6.45, 7) is 7.10. The topological polar surface area (TPSA) is 161 Å². The molecule has 0 radical (unpaired) electrons. The maximum Gasteiger partial charge on any atom is 0.306 e. The molecule has 3 bridgehead atoms. The standard InChI is InChI=1S/C58H97NO12/c1-3-5-7-9-11-13-23-34-66-50(60)26-17-15-19-28-52(62)68-43-57(45-70-54(64)30-25-33-59-31-21-22-32-59,46-71-55(65)41-56-38-47-36-48-37-49(40-56)58(48,39-47)42-56)44-69-53(63)29-20-16-18-27-51(61)67-35-24-14-12-10-8-6-4-2/h47-49H,3-46H2,1-2H3. The zero-order valence-electron chi connectivity index (χ0n) is 44.7. The van der Waals surface area contributed by atoms with Crippen molar-refractivity contribution < 1.29 is 57.2 Å². The predicted molar refractivity (Wildman–Crippen MR) is 273 cm³/mol. The molecule has 1 aliphatic heterocycles. The zero-order chi connectivity index (χ0) is 50.6. The largest absolute Gasteiger partial charge is 0.466 e. The van der Waals surface area contributed by atoms with E-state index in [2.05, 4.69) is 18.7 Å². The molecule has 4 saturated carbocycles. The Kier molecular flexibility index (Phi) is 26.6. The van der Waals surface area contributed by atoms with Gasteiger partial charge in [-0.05, 0) is 145 Å². The minimum atomic E-state index is -1.33. The fraction of sp³-hybridized carbons (Fsp3) is 0.897. The molecular weight excluding hydrogens is 903 g/mol. The van der Waals surface area contributed by atoms with E-state index in [0.29, 0.717) is 94.7 Å². The van der Waals surface area contributed by atoms with Crippen molar-refractivity contribution in [1.29, 1.82) is 0 Å². The van der Waals surface area contributed by atoms with Crippen molar-refractivity contribution in [2.24, 2.45) is 34.0 Å². The van der Waals surface area contributed by atoms with Crippen molar-refractivity contribution in [3.05, 3.63) is 0 Å². The molecule has 0 N–H and O–H groups in total. The van der Waals surface area contributed by atoms with Gasteiger partial charge in [0.25, 0.3) is 0 Å². The third-order valence-electron chi connectivity index (χ3n) is 16.9. The molecule has 0 aromatic carbocycles. The molecule has 0 amide bonds. The van der Waals surface area contributed by atoms with Crippen molar-refractivity contribution in [1.82, 2.24) is 4.90 Å². The summed E-state index contributed by atoms with van der Waals surface area (Å²) in [6, 6.07) is 0. The van der Waals surface area contributed by atoms with Gasteiger partial charge in [0.15, 0.2) is 0 Å². The minimum Gasteiger partial charge on any atom is -0.466 e. The van der Waals surface area contributed by atoms with Crippen LogP contribution in [0.1, 0.15) is 239 Å². The van der Waals surface area contributed by atoms with Crippen LogP contribution in [0.2, 0.25) is 0 Å². The molecule has 4 aliphatic carbocycles. The quantitative estimate of drug-likeness (QED) is 0.0323. The van der Waals surface area contributed by atoms with Gasteiger partial charge < -0.3 is 33.3 Å². The molecule has 1 heterocycles. The van der Waals surface area contributed by atoms with Crippen molar-refractivity contribution >= 4 is 35.8 Å². The van der Waals surface area contributed by atoms with Gasteiger partial charge in [0.2, 0.25) is 0 Å². The first-order valence-electron chi connectivity index (χ1n) is 29.1. The Balaban J connectivity index is 1.11. The second kappa shape index (κ2) is 32.2. The maximum absolute atomic E-state index is 13.9. The zero-order valence-corrected chi connectivity index (χ0v) is 44.7. The molecule has 1 spiro atoms. The highest BCUT2D eigenvalue weighted by Gasteiger charge is 2.70. The minimum absolute atomic E-state index is 0.0477. The lowest BCUT2D eigenvalue weighted by Crippen LogP contribution is -2.44. The van der Waals surface area contributed by atoms with Crippen LogP contribution in [0.25, 0.3) is 0 Å². The Labute approximate surface area is 428 Å². The number of likely N-dealkylation sites (tertiary alicyclic amines) is 1. The monoisotopic (exact) mass is 1000 g/mol. The normalized spacial score (nSPS) is 23.0. The lowest BCUT2D eigenvalue weighted by molar-refractivity contribution is -0.171. The van der Waals surface area contributed by atoms with Gasteiger partial charge in [0.05, 0.1) is 19.6 Å². The van der Waals surface area contributed by atoms with E-state index in [1.165, 1.54) is 83.5 Å². The predicted octanol–water partition coefficient (Wildman–Crippen LogP) is 12.1. The molecule has 5 unspecified atom stereocenters. The summed E-state index contributed by atoms with van der Waals surface area (Å²) >= 11 is 0. The molecule has 0 aromatic rings. The van der Waals surface area contributed by atoms with Crippen LogP contribution in [0, 0.1) is 34.0 Å². The molecule has 71 heavy (non-hydrogen) atoms. The number of unbranched alkanes of at least 4 members (excludes halogenated alkanes) is 16. The van der Waals surface area contributed by atoms with Gasteiger partial charge in [0, 0.05) is 32.1 Å². The summed E-state index contributed by atoms with van der Waals surface area (Å²) in [5.41, 5.74) is -0.954. The van der Waals surface area contributed by atoms with Crippen LogP contribution in [0.3, 0.4) is 0 Å². The van der Waals surface area contributed by atoms with Gasteiger partial charge in [-0.3, -0.25) is 28.8 Å². The second-order valence-corrected chi connectivity index (χ2v) is 23.0. The average molecular weight is 1000 g/mol. The van der Waals surface area contributed by atoms with Gasteiger partial charge in [0.1, 0.15) is 31.8 Å². The summed E-state index contributed by atoms with van der Waals surface area (Å²) in [7, 11) is 0. The van der Waals surface area contributed by atoms with Crippen LogP contribution < -0.4 is 0 Å². The highest BCUT2D eigenvalue weighted by atomic mass is 16.6. The van der Waals surface area contributed by atoms with Gasteiger partial charge in [-0.25, -0.2) is 0 Å². The Morgan fingerprint density at radius 2 is 0.873 bits per heavy atom. The Morgan fingerprint density at radius 3 is 1.37 bits per heavy atom. The van der Waals surface area contributed by atoms with Crippen molar-refractivity contribution in [3.8, 4) is 0 Å². The number of hydrogen-bond acceptors (Lipinski definition) is 13. The first kappa shape index (κ1) is 58.7. The van der Waals surface area contributed by atoms with E-state index in [9.17, 15) is 28.8 Å². The Morgan fingerprint density at radius 1 is 0.451 bits per heavy atom. The number of rotatable bonds is 42. The number of ether oxygens (including phenoxy) is 6. The SMILES string of the molecule is CCCCCCCCCOC(=O)CCCCCC(=O)OCC(COC(=O)CCCCCC(=O)OCCCCCCCCC)(COC(=O)CCCN1CCCC1)COC(=O)CC12CC3CC4CC(C1)C4(C3)C2. The van der Waals surface area contributed by atoms with Gasteiger partial charge in [-0.15, -0.1) is 0 Å². The molecular formula is C58H97NO12. The highest BCUT2D eigenvalue weighted by Crippen LogP contribution is 2.79. The molecule has 406 valence electrons. The van der Waals surface area contributed by atoms with Crippen molar-refractivity contribution in [2.45, 2.75) is 239 Å². The number of carbonyl (C=O) groups excluding carboxylic acids is 6. The summed E-state index contributed by atoms with van der Waals surface area (Å²) < 4.78 is 34.6. The van der Waals surface area contributed by atoms with Crippen LogP contribution in [-0.4, -0.2) is 100.0 Å². The van der Waals surface area contributed by atoms with Crippen molar-refractivity contribution in [3.63, 3.8) is 0 Å². The summed E-state index contributed by atoms with van der Waals surface area (Å²) in [5.74, 6) is 0.0844. The number of fused-ring (bicyclic) bond motifs is 2. The van der Waals surface area contributed by atoms with Crippen LogP contribution >= 0.6 is 0 Å². The van der Waals surface area contributed by atoms with Crippen LogP contribution in [0.15, 0.2) is 0 Å². The smallest absolute Gasteiger partial charge is 0.306 e. The van der Waals surface area contributed by atoms with E-state index in [0.717, 1.165) is 83.3 Å². The molecule has 13 nitrogen and oxygen atoms in total. The Bertz CT molecular complexity index is 1550. The van der Waals surface area contributed by atoms with Crippen molar-refractivity contribution in [2.75, 3.05) is 59.3 Å². The van der Waals surface area contributed by atoms with E-state index < -0.39 is 23.3 Å². The van der Waals surface area contributed by atoms with E-state index >= 15 is 0 Å². The summed E-state index contributed by atoms with van der Waals surface area (Å²) in [5, 5.41) is 0. The van der Waals surface area contributed by atoms with Gasteiger partial charge in [-0.1, -0.05) is 104 Å². The number of hydrogen-bond donors (Lipinski definition) is 0. The van der Waals surface area contributed by atoms with Crippen LogP contribution in [-0.2, 0) is 57.2 Å². The summed E-state index contributed by atoms with van der Waals surface area (Å²) in [4.78, 5) is 80.8. The fourth-order valence-corrected chi connectivity index (χ4v) is 13.0. The maximum atomic E-state index is 13.9.